The number of hydrogen-bond donors (Lipinski definition) is 0. The molecule has 3 heteroatoms. The van der Waals surface area contributed by atoms with Crippen molar-refractivity contribution in [2.75, 3.05) is 6.61 Å². The smallest absolute Gasteiger partial charge is 0.311 e. The molecule has 27 heavy (non-hydrogen) atoms. The highest BCUT2D eigenvalue weighted by Gasteiger charge is 2.05. The fourth-order valence-electron chi connectivity index (χ4n) is 2.88. The van der Waals surface area contributed by atoms with Gasteiger partial charge in [-0.15, -0.1) is 0 Å². The molecule has 3 nitrogen and oxygen atoms in total. The van der Waals surface area contributed by atoms with Crippen LogP contribution >= 0.6 is 0 Å². The molecule has 0 saturated heterocycles. The maximum Gasteiger partial charge on any atom is 0.311 e. The van der Waals surface area contributed by atoms with Crippen molar-refractivity contribution in [1.29, 1.82) is 0 Å². The van der Waals surface area contributed by atoms with Gasteiger partial charge in [-0.25, -0.2) is 0 Å². The number of esters is 1. The molecule has 0 radical (unpaired) electrons. The molecule has 2 rings (SSSR count). The molecule has 0 spiro atoms. The van der Waals surface area contributed by atoms with Gasteiger partial charge >= 0.3 is 5.97 Å². The summed E-state index contributed by atoms with van der Waals surface area (Å²) in [6.07, 6.45) is 8.38. The quantitative estimate of drug-likeness (QED) is 0.235. The Morgan fingerprint density at radius 2 is 1.26 bits per heavy atom. The van der Waals surface area contributed by atoms with E-state index >= 15 is 0 Å². The second kappa shape index (κ2) is 12.2. The van der Waals surface area contributed by atoms with Gasteiger partial charge in [-0.3, -0.25) is 4.79 Å². The zero-order valence-electron chi connectivity index (χ0n) is 16.7. The topological polar surface area (TPSA) is 35.5 Å². The molecule has 0 aliphatic rings. The monoisotopic (exact) mass is 368 g/mol. The molecule has 146 valence electrons. The highest BCUT2D eigenvalue weighted by molar-refractivity contribution is 5.73. The minimum Gasteiger partial charge on any atom is -0.494 e. The summed E-state index contributed by atoms with van der Waals surface area (Å²) in [6, 6.07) is 15.8. The Morgan fingerprint density at radius 1 is 0.704 bits per heavy atom. The number of unbranched alkanes of at least 4 members (excludes halogenated alkanes) is 5. The number of benzene rings is 2. The molecule has 0 aliphatic carbocycles. The summed E-state index contributed by atoms with van der Waals surface area (Å²) in [5.74, 6) is 1.36. The van der Waals surface area contributed by atoms with E-state index in [-0.39, 0.29) is 5.97 Å². The Hall–Kier alpha value is -2.29. The summed E-state index contributed by atoms with van der Waals surface area (Å²) in [6.45, 7) is 5.11. The van der Waals surface area contributed by atoms with Gasteiger partial charge in [-0.05, 0) is 48.2 Å². The molecule has 0 atom stereocenters. The summed E-state index contributed by atoms with van der Waals surface area (Å²) < 4.78 is 11.2. The van der Waals surface area contributed by atoms with Gasteiger partial charge in [-0.1, -0.05) is 70.2 Å². The van der Waals surface area contributed by atoms with Crippen molar-refractivity contribution in [3.8, 4) is 22.6 Å². The maximum atomic E-state index is 11.8. The Labute approximate surface area is 163 Å². The number of carbonyl (C=O) groups is 1. The van der Waals surface area contributed by atoms with Crippen LogP contribution in [0.2, 0.25) is 0 Å². The summed E-state index contributed by atoms with van der Waals surface area (Å²) in [5.41, 5.74) is 2.21. The molecule has 0 unspecified atom stereocenters. The Balaban J connectivity index is 1.82. The lowest BCUT2D eigenvalue weighted by atomic mass is 10.1. The van der Waals surface area contributed by atoms with Crippen molar-refractivity contribution >= 4 is 5.97 Å². The first-order valence-electron chi connectivity index (χ1n) is 10.3. The van der Waals surface area contributed by atoms with Crippen molar-refractivity contribution in [1.82, 2.24) is 0 Å². The van der Waals surface area contributed by atoms with E-state index in [0.29, 0.717) is 12.2 Å². The van der Waals surface area contributed by atoms with Crippen LogP contribution in [-0.2, 0) is 4.79 Å². The first kappa shape index (κ1) is 21.0. The number of carbonyl (C=O) groups excluding carboxylic acids is 1. The lowest BCUT2D eigenvalue weighted by molar-refractivity contribution is -0.134. The van der Waals surface area contributed by atoms with Gasteiger partial charge in [0.25, 0.3) is 0 Å². The van der Waals surface area contributed by atoms with Crippen molar-refractivity contribution in [3.63, 3.8) is 0 Å². The summed E-state index contributed by atoms with van der Waals surface area (Å²) >= 11 is 0. The van der Waals surface area contributed by atoms with Crippen LogP contribution in [0.4, 0.5) is 0 Å². The lowest BCUT2D eigenvalue weighted by Gasteiger charge is -2.08. The Bertz CT molecular complexity index is 659. The van der Waals surface area contributed by atoms with E-state index in [1.165, 1.54) is 19.3 Å². The largest absolute Gasteiger partial charge is 0.494 e. The third-order valence-corrected chi connectivity index (χ3v) is 4.52. The van der Waals surface area contributed by atoms with Gasteiger partial charge in [0.15, 0.2) is 0 Å². The minimum atomic E-state index is -0.156. The number of rotatable bonds is 12. The third-order valence-electron chi connectivity index (χ3n) is 4.52. The highest BCUT2D eigenvalue weighted by atomic mass is 16.5. The second-order valence-corrected chi connectivity index (χ2v) is 6.89. The van der Waals surface area contributed by atoms with Gasteiger partial charge in [-0.2, -0.15) is 0 Å². The Morgan fingerprint density at radius 3 is 1.85 bits per heavy atom. The van der Waals surface area contributed by atoms with Gasteiger partial charge in [0.05, 0.1) is 6.61 Å². The van der Waals surface area contributed by atoms with E-state index < -0.39 is 0 Å². The van der Waals surface area contributed by atoms with Crippen LogP contribution < -0.4 is 9.47 Å². The van der Waals surface area contributed by atoms with E-state index in [1.807, 2.05) is 36.4 Å². The van der Waals surface area contributed by atoms with Crippen molar-refractivity contribution < 1.29 is 14.3 Å². The maximum absolute atomic E-state index is 11.8. The van der Waals surface area contributed by atoms with Gasteiger partial charge < -0.3 is 9.47 Å². The van der Waals surface area contributed by atoms with Gasteiger partial charge in [0.1, 0.15) is 11.5 Å². The van der Waals surface area contributed by atoms with E-state index in [2.05, 4.69) is 26.0 Å². The first-order chi connectivity index (χ1) is 13.2. The zero-order valence-corrected chi connectivity index (χ0v) is 16.7. The molecule has 0 heterocycles. The van der Waals surface area contributed by atoms with Crippen LogP contribution in [0.3, 0.4) is 0 Å². The molecule has 0 aliphatic heterocycles. The predicted octanol–water partition coefficient (Wildman–Crippen LogP) is 6.80. The van der Waals surface area contributed by atoms with Crippen molar-refractivity contribution in [2.24, 2.45) is 0 Å². The van der Waals surface area contributed by atoms with E-state index in [9.17, 15) is 4.79 Å². The van der Waals surface area contributed by atoms with E-state index in [4.69, 9.17) is 9.47 Å². The lowest BCUT2D eigenvalue weighted by Crippen LogP contribution is -2.07. The van der Waals surface area contributed by atoms with Crippen LogP contribution in [0, 0.1) is 0 Å². The average molecular weight is 369 g/mol. The molecule has 0 amide bonds. The fraction of sp³-hybridized carbons (Fsp3) is 0.458. The van der Waals surface area contributed by atoms with Gasteiger partial charge in [0.2, 0.25) is 0 Å². The van der Waals surface area contributed by atoms with Crippen LogP contribution in [0.15, 0.2) is 48.5 Å². The first-order valence-corrected chi connectivity index (χ1v) is 10.3. The third kappa shape index (κ3) is 7.86. The van der Waals surface area contributed by atoms with E-state index in [0.717, 1.165) is 49.2 Å². The molecular weight excluding hydrogens is 336 g/mol. The molecule has 0 fully saturated rings. The zero-order chi connectivity index (χ0) is 19.3. The molecule has 2 aromatic carbocycles. The van der Waals surface area contributed by atoms with Crippen LogP contribution in [0.1, 0.15) is 65.2 Å². The standard InChI is InChI=1S/C24H32O3/c1-3-5-7-9-19-26-22-15-11-20(12-16-22)21-13-17-23(18-14-21)27-24(25)10-8-6-4-2/h11-18H,3-10,19H2,1-2H3. The predicted molar refractivity (Wildman–Crippen MR) is 111 cm³/mol. The number of ether oxygens (including phenoxy) is 2. The molecule has 2 aromatic rings. The van der Waals surface area contributed by atoms with Crippen molar-refractivity contribution in [2.45, 2.75) is 65.2 Å². The van der Waals surface area contributed by atoms with E-state index in [1.54, 1.807) is 0 Å². The highest BCUT2D eigenvalue weighted by Crippen LogP contribution is 2.25. The van der Waals surface area contributed by atoms with Crippen molar-refractivity contribution in [3.05, 3.63) is 48.5 Å². The summed E-state index contributed by atoms with van der Waals surface area (Å²) in [7, 11) is 0. The molecule has 0 aromatic heterocycles. The summed E-state index contributed by atoms with van der Waals surface area (Å²) in [5, 5.41) is 0. The SMILES string of the molecule is CCCCCCOc1ccc(-c2ccc(OC(=O)CCCCC)cc2)cc1. The van der Waals surface area contributed by atoms with Crippen LogP contribution in [0.5, 0.6) is 11.5 Å². The average Bonchev–Trinajstić information content (AvgIpc) is 2.69. The van der Waals surface area contributed by atoms with Crippen LogP contribution in [0.25, 0.3) is 11.1 Å². The minimum absolute atomic E-state index is 0.156. The van der Waals surface area contributed by atoms with Crippen LogP contribution in [-0.4, -0.2) is 12.6 Å². The normalized spacial score (nSPS) is 10.6. The molecular formula is C24H32O3. The molecule has 0 bridgehead atoms. The second-order valence-electron chi connectivity index (χ2n) is 6.89. The summed E-state index contributed by atoms with van der Waals surface area (Å²) in [4.78, 5) is 11.8. The molecule has 0 N–H and O–H groups in total. The Kier molecular flexibility index (Phi) is 9.47. The fourth-order valence-corrected chi connectivity index (χ4v) is 2.88. The number of hydrogen-bond acceptors (Lipinski definition) is 3. The molecule has 0 saturated carbocycles. The van der Waals surface area contributed by atoms with Gasteiger partial charge in [0, 0.05) is 6.42 Å².